The normalized spacial score (nSPS) is 19.4. The first-order valence-corrected chi connectivity index (χ1v) is 4.22. The first-order chi connectivity index (χ1) is 6.06. The molecule has 0 aliphatic carbocycles. The molecule has 0 saturated carbocycles. The van der Waals surface area contributed by atoms with Crippen LogP contribution in [0.2, 0.25) is 0 Å². The number of amides is 4. The van der Waals surface area contributed by atoms with Crippen LogP contribution in [0.5, 0.6) is 0 Å². The van der Waals surface area contributed by atoms with Gasteiger partial charge < -0.3 is 0 Å². The molecule has 0 aromatic heterocycles. The smallest absolute Gasteiger partial charge is 0.277 e. The van der Waals surface area contributed by atoms with Gasteiger partial charge in [0.2, 0.25) is 11.8 Å². The molecule has 1 unspecified atom stereocenters. The number of hydrogen-bond acceptors (Lipinski definition) is 3. The van der Waals surface area contributed by atoms with Crippen LogP contribution in [0.1, 0.15) is 20.3 Å². The number of carbonyl (C=O) groups excluding carboxylic acids is 3. The van der Waals surface area contributed by atoms with Gasteiger partial charge in [-0.15, -0.1) is 0 Å². The third-order valence-corrected chi connectivity index (χ3v) is 2.25. The average molecular weight is 223 g/mol. The molecular weight excluding hydrogens is 211 g/mol. The molecule has 72 valence electrons. The van der Waals surface area contributed by atoms with E-state index in [0.29, 0.717) is 0 Å². The summed E-state index contributed by atoms with van der Waals surface area (Å²) in [6, 6.07) is -0.727. The summed E-state index contributed by atoms with van der Waals surface area (Å²) in [7, 11) is 0. The van der Waals surface area contributed by atoms with Crippen LogP contribution in [0.15, 0.2) is 0 Å². The molecule has 4 amide bonds. The van der Waals surface area contributed by atoms with Gasteiger partial charge in [0, 0.05) is 0 Å². The van der Waals surface area contributed by atoms with Crippen LogP contribution in [0.25, 0.3) is 0 Å². The van der Waals surface area contributed by atoms with Gasteiger partial charge in [0.15, 0.2) is 0 Å². The average Bonchev–Trinajstić information content (AvgIpc) is 2.02. The van der Waals surface area contributed by atoms with E-state index in [1.807, 2.05) is 6.92 Å². The summed E-state index contributed by atoms with van der Waals surface area (Å²) in [5.74, 6) is -1.78. The number of imide groups is 2. The van der Waals surface area contributed by atoms with Crippen LogP contribution in [0, 0.1) is 11.8 Å². The van der Waals surface area contributed by atoms with Crippen LogP contribution in [0.4, 0.5) is 4.79 Å². The molecule has 1 saturated heterocycles. The second kappa shape index (κ2) is 5.97. The molecule has 1 rings (SSSR count). The van der Waals surface area contributed by atoms with Crippen molar-refractivity contribution >= 4 is 17.8 Å². The zero-order valence-corrected chi connectivity index (χ0v) is 11.7. The standard InChI is InChI=1S/C8H12N2O3.K/c1-3-4(2)5-6(11)9-8(13)10-7(5)12;/h4-5H,3H2,1-2H3,(H2,9,10,11,12,13);/q;+1. The molecule has 0 spiro atoms. The summed E-state index contributed by atoms with van der Waals surface area (Å²) in [5, 5.41) is 4.13. The van der Waals surface area contributed by atoms with Gasteiger partial charge in [-0.25, -0.2) is 4.79 Å². The molecule has 2 N–H and O–H groups in total. The van der Waals surface area contributed by atoms with Crippen LogP contribution < -0.4 is 62.0 Å². The van der Waals surface area contributed by atoms with E-state index < -0.39 is 23.8 Å². The first-order valence-electron chi connectivity index (χ1n) is 4.22. The summed E-state index contributed by atoms with van der Waals surface area (Å²) >= 11 is 0. The maximum atomic E-state index is 11.2. The predicted octanol–water partition coefficient (Wildman–Crippen LogP) is -2.98. The molecule has 1 aliphatic heterocycles. The Morgan fingerprint density at radius 2 is 1.64 bits per heavy atom. The van der Waals surface area contributed by atoms with Crippen molar-refractivity contribution in [1.29, 1.82) is 0 Å². The number of barbiturate groups is 1. The van der Waals surface area contributed by atoms with E-state index in [1.54, 1.807) is 6.92 Å². The number of nitrogens with one attached hydrogen (secondary N) is 2. The fraction of sp³-hybridized carbons (Fsp3) is 0.625. The summed E-state index contributed by atoms with van der Waals surface area (Å²) < 4.78 is 0. The Kier molecular flexibility index (Phi) is 6.07. The van der Waals surface area contributed by atoms with E-state index in [2.05, 4.69) is 10.6 Å². The van der Waals surface area contributed by atoms with Crippen LogP contribution in [-0.4, -0.2) is 17.8 Å². The van der Waals surface area contributed by atoms with Crippen LogP contribution >= 0.6 is 0 Å². The molecule has 14 heavy (non-hydrogen) atoms. The second-order valence-corrected chi connectivity index (χ2v) is 3.17. The molecule has 1 aliphatic rings. The van der Waals surface area contributed by atoms with Gasteiger partial charge in [-0.2, -0.15) is 0 Å². The number of hydrogen-bond donors (Lipinski definition) is 2. The Morgan fingerprint density at radius 3 is 2.00 bits per heavy atom. The Morgan fingerprint density at radius 1 is 1.21 bits per heavy atom. The molecule has 6 heteroatoms. The second-order valence-electron chi connectivity index (χ2n) is 3.17. The van der Waals surface area contributed by atoms with Crippen molar-refractivity contribution in [1.82, 2.24) is 10.6 Å². The summed E-state index contributed by atoms with van der Waals surface area (Å²) in [6.07, 6.45) is 0.722. The molecular formula is C8H12KN2O3+. The minimum Gasteiger partial charge on any atom is -0.277 e. The number of urea groups is 1. The minimum absolute atomic E-state index is 0. The molecule has 0 bridgehead atoms. The molecule has 0 radical (unpaired) electrons. The minimum atomic E-state index is -0.734. The Bertz CT molecular complexity index is 247. The first kappa shape index (κ1) is 14.2. The molecule has 1 atom stereocenters. The van der Waals surface area contributed by atoms with Gasteiger partial charge >= 0.3 is 57.4 Å². The van der Waals surface area contributed by atoms with Gasteiger partial charge in [-0.3, -0.25) is 20.2 Å². The van der Waals surface area contributed by atoms with E-state index in [-0.39, 0.29) is 57.3 Å². The van der Waals surface area contributed by atoms with E-state index in [4.69, 9.17) is 0 Å². The summed E-state index contributed by atoms with van der Waals surface area (Å²) in [6.45, 7) is 3.70. The van der Waals surface area contributed by atoms with Crippen molar-refractivity contribution in [3.8, 4) is 0 Å². The van der Waals surface area contributed by atoms with Gasteiger partial charge in [-0.1, -0.05) is 20.3 Å². The van der Waals surface area contributed by atoms with Gasteiger partial charge in [0.25, 0.3) is 0 Å². The van der Waals surface area contributed by atoms with Crippen molar-refractivity contribution in [3.05, 3.63) is 0 Å². The number of carbonyl (C=O) groups is 3. The van der Waals surface area contributed by atoms with Crippen molar-refractivity contribution in [2.24, 2.45) is 11.8 Å². The molecule has 0 aromatic carbocycles. The zero-order valence-electron chi connectivity index (χ0n) is 8.59. The molecule has 1 fully saturated rings. The predicted molar refractivity (Wildman–Crippen MR) is 44.6 cm³/mol. The van der Waals surface area contributed by atoms with E-state index >= 15 is 0 Å². The van der Waals surface area contributed by atoms with Crippen molar-refractivity contribution in [2.45, 2.75) is 20.3 Å². The summed E-state index contributed by atoms with van der Waals surface area (Å²) in [5.41, 5.74) is 0. The molecule has 5 nitrogen and oxygen atoms in total. The maximum Gasteiger partial charge on any atom is 1.00 e. The van der Waals surface area contributed by atoms with E-state index in [9.17, 15) is 14.4 Å². The fourth-order valence-electron chi connectivity index (χ4n) is 1.28. The van der Waals surface area contributed by atoms with Gasteiger partial charge in [0.1, 0.15) is 5.92 Å². The summed E-state index contributed by atoms with van der Waals surface area (Å²) in [4.78, 5) is 33.1. The number of rotatable bonds is 2. The Labute approximate surface area is 125 Å². The molecule has 1 heterocycles. The van der Waals surface area contributed by atoms with E-state index in [0.717, 1.165) is 6.42 Å². The van der Waals surface area contributed by atoms with Gasteiger partial charge in [0.05, 0.1) is 0 Å². The third-order valence-electron chi connectivity index (χ3n) is 2.25. The van der Waals surface area contributed by atoms with E-state index in [1.165, 1.54) is 0 Å². The van der Waals surface area contributed by atoms with Crippen LogP contribution in [0.3, 0.4) is 0 Å². The van der Waals surface area contributed by atoms with Crippen LogP contribution in [-0.2, 0) is 9.59 Å². The van der Waals surface area contributed by atoms with Crippen molar-refractivity contribution in [2.75, 3.05) is 0 Å². The van der Waals surface area contributed by atoms with Crippen molar-refractivity contribution < 1.29 is 65.8 Å². The Hall–Kier alpha value is 0.246. The SMILES string of the molecule is CCC(C)C1C(=O)NC(=O)NC1=O.[K+]. The Balaban J connectivity index is 0.00000169. The topological polar surface area (TPSA) is 75.3 Å². The van der Waals surface area contributed by atoms with Crippen molar-refractivity contribution in [3.63, 3.8) is 0 Å². The fourth-order valence-corrected chi connectivity index (χ4v) is 1.28. The molecule has 0 aromatic rings. The quantitative estimate of drug-likeness (QED) is 0.387. The largest absolute Gasteiger partial charge is 1.00 e. The zero-order chi connectivity index (χ0) is 10.0. The van der Waals surface area contributed by atoms with Gasteiger partial charge in [-0.05, 0) is 5.92 Å². The third kappa shape index (κ3) is 3.13. The maximum absolute atomic E-state index is 11.2. The monoisotopic (exact) mass is 223 g/mol.